The molecule has 0 saturated heterocycles. The van der Waals surface area contributed by atoms with E-state index in [1.807, 2.05) is 12.1 Å². The highest BCUT2D eigenvalue weighted by Crippen LogP contribution is 2.26. The molecule has 138 valence electrons. The van der Waals surface area contributed by atoms with E-state index in [9.17, 15) is 9.59 Å². The van der Waals surface area contributed by atoms with Crippen LogP contribution in [-0.4, -0.2) is 17.9 Å². The Labute approximate surface area is 163 Å². The average Bonchev–Trinajstić information content (AvgIpc) is 2.56. The summed E-state index contributed by atoms with van der Waals surface area (Å²) in [5.41, 5.74) is 7.58. The summed E-state index contributed by atoms with van der Waals surface area (Å²) >= 11 is 12.3. The summed E-state index contributed by atoms with van der Waals surface area (Å²) in [5, 5.41) is 3.51. The first kappa shape index (κ1) is 20.3. The Morgan fingerprint density at radius 1 is 1.04 bits per heavy atom. The molecule has 0 bridgehead atoms. The zero-order valence-electron chi connectivity index (χ0n) is 15.0. The number of nitrogens with two attached hydrogens (primary N) is 1. The van der Waals surface area contributed by atoms with Gasteiger partial charge in [0.1, 0.15) is 6.04 Å². The second-order valence-corrected chi connectivity index (χ2v) is 7.97. The monoisotopic (exact) mass is 392 g/mol. The minimum Gasteiger partial charge on any atom is -0.368 e. The number of carbonyl (C=O) groups excluding carboxylic acids is 2. The highest BCUT2D eigenvalue weighted by atomic mass is 35.5. The molecule has 0 spiro atoms. The van der Waals surface area contributed by atoms with Gasteiger partial charge in [0, 0.05) is 22.0 Å². The number of nitrogens with one attached hydrogen (secondary N) is 1. The molecule has 0 radical (unpaired) electrons. The number of amides is 2. The Hall–Kier alpha value is -2.04. The van der Waals surface area contributed by atoms with Crippen LogP contribution in [0.2, 0.25) is 10.0 Å². The van der Waals surface area contributed by atoms with E-state index in [0.717, 1.165) is 5.56 Å². The lowest BCUT2D eigenvalue weighted by Gasteiger charge is -2.20. The highest BCUT2D eigenvalue weighted by Gasteiger charge is 2.22. The first-order valence-corrected chi connectivity index (χ1v) is 8.99. The van der Waals surface area contributed by atoms with Crippen molar-refractivity contribution in [2.24, 2.45) is 5.73 Å². The number of hydrogen-bond donors (Lipinski definition) is 2. The van der Waals surface area contributed by atoms with Crippen LogP contribution in [0.15, 0.2) is 42.5 Å². The van der Waals surface area contributed by atoms with Crippen molar-refractivity contribution in [1.29, 1.82) is 0 Å². The quantitative estimate of drug-likeness (QED) is 0.802. The third-order valence-electron chi connectivity index (χ3n) is 4.13. The molecule has 0 heterocycles. The van der Waals surface area contributed by atoms with Gasteiger partial charge in [-0.05, 0) is 40.8 Å². The summed E-state index contributed by atoms with van der Waals surface area (Å²) in [7, 11) is 0. The fourth-order valence-corrected chi connectivity index (χ4v) is 3.07. The first-order chi connectivity index (χ1) is 12.1. The van der Waals surface area contributed by atoms with E-state index in [0.29, 0.717) is 21.2 Å². The van der Waals surface area contributed by atoms with Crippen LogP contribution in [0, 0.1) is 0 Å². The predicted molar refractivity (Wildman–Crippen MR) is 106 cm³/mol. The maximum absolute atomic E-state index is 12.5. The van der Waals surface area contributed by atoms with E-state index in [1.165, 1.54) is 0 Å². The van der Waals surface area contributed by atoms with Crippen molar-refractivity contribution >= 4 is 35.0 Å². The fourth-order valence-electron chi connectivity index (χ4n) is 2.52. The highest BCUT2D eigenvalue weighted by molar-refractivity contribution is 6.36. The smallest absolute Gasteiger partial charge is 0.251 e. The zero-order valence-corrected chi connectivity index (χ0v) is 16.5. The number of hydrogen-bond acceptors (Lipinski definition) is 2. The molecule has 2 amide bonds. The van der Waals surface area contributed by atoms with Gasteiger partial charge in [-0.1, -0.05) is 62.2 Å². The molecular weight excluding hydrogens is 371 g/mol. The van der Waals surface area contributed by atoms with Gasteiger partial charge in [-0.3, -0.25) is 9.59 Å². The van der Waals surface area contributed by atoms with Crippen LogP contribution in [0.25, 0.3) is 0 Å². The molecule has 0 fully saturated rings. The van der Waals surface area contributed by atoms with Gasteiger partial charge >= 0.3 is 0 Å². The molecule has 6 heteroatoms. The predicted octanol–water partition coefficient (Wildman–Crippen LogP) is 4.12. The summed E-state index contributed by atoms with van der Waals surface area (Å²) in [4.78, 5) is 24.3. The van der Waals surface area contributed by atoms with Crippen molar-refractivity contribution in [3.63, 3.8) is 0 Å². The van der Waals surface area contributed by atoms with Crippen molar-refractivity contribution in [2.75, 3.05) is 0 Å². The molecule has 2 aromatic carbocycles. The molecule has 0 aromatic heterocycles. The molecule has 2 rings (SSSR count). The molecule has 3 N–H and O–H groups in total. The Morgan fingerprint density at radius 3 is 2.04 bits per heavy atom. The van der Waals surface area contributed by atoms with Crippen LogP contribution in [0.3, 0.4) is 0 Å². The Kier molecular flexibility index (Phi) is 6.32. The Balaban J connectivity index is 2.17. The molecule has 2 aromatic rings. The van der Waals surface area contributed by atoms with Crippen molar-refractivity contribution in [1.82, 2.24) is 5.32 Å². The minimum absolute atomic E-state index is 0.00836. The first-order valence-electron chi connectivity index (χ1n) is 8.23. The zero-order chi connectivity index (χ0) is 19.5. The fraction of sp³-hybridized carbons (Fsp3) is 0.300. The van der Waals surface area contributed by atoms with Crippen molar-refractivity contribution in [3.8, 4) is 0 Å². The van der Waals surface area contributed by atoms with E-state index in [1.54, 1.807) is 30.3 Å². The summed E-state index contributed by atoms with van der Waals surface area (Å²) < 4.78 is 0. The van der Waals surface area contributed by atoms with Crippen LogP contribution < -0.4 is 11.1 Å². The van der Waals surface area contributed by atoms with E-state index < -0.39 is 11.9 Å². The summed E-state index contributed by atoms with van der Waals surface area (Å²) in [6.07, 6.45) is 0.125. The lowest BCUT2D eigenvalue weighted by Crippen LogP contribution is -2.46. The molecule has 0 aliphatic carbocycles. The Bertz CT molecular complexity index is 791. The van der Waals surface area contributed by atoms with Gasteiger partial charge in [0.2, 0.25) is 5.91 Å². The molecule has 0 aliphatic heterocycles. The van der Waals surface area contributed by atoms with Crippen molar-refractivity contribution in [3.05, 3.63) is 69.2 Å². The van der Waals surface area contributed by atoms with Crippen LogP contribution in [0.5, 0.6) is 0 Å². The van der Waals surface area contributed by atoms with E-state index >= 15 is 0 Å². The van der Waals surface area contributed by atoms with Crippen LogP contribution in [-0.2, 0) is 16.6 Å². The average molecular weight is 393 g/mol. The number of rotatable bonds is 5. The Morgan fingerprint density at radius 2 is 1.58 bits per heavy atom. The van der Waals surface area contributed by atoms with Crippen molar-refractivity contribution in [2.45, 2.75) is 38.6 Å². The maximum atomic E-state index is 12.5. The minimum atomic E-state index is -0.915. The lowest BCUT2D eigenvalue weighted by atomic mass is 9.86. The van der Waals surface area contributed by atoms with Gasteiger partial charge in [-0.15, -0.1) is 0 Å². The molecule has 4 nitrogen and oxygen atoms in total. The second-order valence-electron chi connectivity index (χ2n) is 7.16. The molecule has 0 unspecified atom stereocenters. The van der Waals surface area contributed by atoms with Gasteiger partial charge in [-0.2, -0.15) is 0 Å². The molecular formula is C20H22Cl2N2O2. The molecule has 26 heavy (non-hydrogen) atoms. The largest absolute Gasteiger partial charge is 0.368 e. The number of halogens is 2. The van der Waals surface area contributed by atoms with Gasteiger partial charge in [-0.25, -0.2) is 0 Å². The SMILES string of the molecule is CC(C)(C)c1ccc(C(=O)N[C@H](Cc2c(Cl)cccc2Cl)C(N)=O)cc1. The van der Waals surface area contributed by atoms with Gasteiger partial charge in [0.15, 0.2) is 0 Å². The third kappa shape index (κ3) is 4.99. The standard InChI is InChI=1S/C20H22Cl2N2O2/c1-20(2,3)13-9-7-12(8-10-13)19(26)24-17(18(23)25)11-14-15(21)5-4-6-16(14)22/h4-10,17H,11H2,1-3H3,(H2,23,25)(H,24,26)/t17-/m1/s1. The van der Waals surface area contributed by atoms with Gasteiger partial charge in [0.05, 0.1) is 0 Å². The van der Waals surface area contributed by atoms with Gasteiger partial charge < -0.3 is 11.1 Å². The summed E-state index contributed by atoms with van der Waals surface area (Å²) in [6.45, 7) is 6.29. The van der Waals surface area contributed by atoms with Gasteiger partial charge in [0.25, 0.3) is 5.91 Å². The van der Waals surface area contributed by atoms with Crippen molar-refractivity contribution < 1.29 is 9.59 Å². The number of primary amides is 1. The van der Waals surface area contributed by atoms with Crippen LogP contribution in [0.4, 0.5) is 0 Å². The normalized spacial score (nSPS) is 12.5. The van der Waals surface area contributed by atoms with E-state index in [4.69, 9.17) is 28.9 Å². The molecule has 0 aliphatic rings. The molecule has 0 saturated carbocycles. The third-order valence-corrected chi connectivity index (χ3v) is 4.84. The number of benzene rings is 2. The topological polar surface area (TPSA) is 72.2 Å². The van der Waals surface area contributed by atoms with E-state index in [2.05, 4.69) is 26.1 Å². The van der Waals surface area contributed by atoms with Crippen LogP contribution in [0.1, 0.15) is 42.3 Å². The van der Waals surface area contributed by atoms with Crippen LogP contribution >= 0.6 is 23.2 Å². The number of carbonyl (C=O) groups is 2. The lowest BCUT2D eigenvalue weighted by molar-refractivity contribution is -0.119. The summed E-state index contributed by atoms with van der Waals surface area (Å²) in [6, 6.07) is 11.4. The maximum Gasteiger partial charge on any atom is 0.251 e. The summed E-state index contributed by atoms with van der Waals surface area (Å²) in [5.74, 6) is -1.03. The molecule has 1 atom stereocenters. The second kappa shape index (κ2) is 8.11. The van der Waals surface area contributed by atoms with E-state index in [-0.39, 0.29) is 17.7 Å².